The van der Waals surface area contributed by atoms with Crippen molar-refractivity contribution < 1.29 is 0 Å². The van der Waals surface area contributed by atoms with Crippen molar-refractivity contribution in [1.29, 1.82) is 0 Å². The van der Waals surface area contributed by atoms with E-state index in [1.807, 2.05) is 0 Å². The summed E-state index contributed by atoms with van der Waals surface area (Å²) in [5.74, 6) is 1.02. The Balaban J connectivity index is 1.30. The van der Waals surface area contributed by atoms with Crippen LogP contribution in [0.25, 0.3) is 5.57 Å². The monoisotopic (exact) mass is 322 g/mol. The van der Waals surface area contributed by atoms with E-state index in [2.05, 4.69) is 40.1 Å². The second kappa shape index (κ2) is 5.91. The van der Waals surface area contributed by atoms with E-state index in [4.69, 9.17) is 0 Å². The van der Waals surface area contributed by atoms with Crippen molar-refractivity contribution in [2.24, 2.45) is 11.3 Å². The normalized spacial score (nSPS) is 26.5. The molecule has 24 heavy (non-hydrogen) atoms. The largest absolute Gasteiger partial charge is 0.368 e. The molecule has 1 spiro atoms. The van der Waals surface area contributed by atoms with E-state index in [0.29, 0.717) is 0 Å². The number of para-hydroxylation sites is 1. The van der Waals surface area contributed by atoms with Gasteiger partial charge in [-0.25, -0.2) is 0 Å². The first-order chi connectivity index (χ1) is 11.8. The summed E-state index contributed by atoms with van der Waals surface area (Å²) in [5, 5.41) is 0. The highest BCUT2D eigenvalue weighted by Crippen LogP contribution is 2.56. The number of benzene rings is 1. The molecule has 4 aliphatic rings. The number of rotatable bonds is 4. The molecule has 0 N–H and O–H groups in total. The Kier molecular flexibility index (Phi) is 3.70. The molecule has 5 rings (SSSR count). The highest BCUT2D eigenvalue weighted by atomic mass is 15.3. The van der Waals surface area contributed by atoms with Crippen molar-refractivity contribution in [3.8, 4) is 0 Å². The molecule has 1 aromatic carbocycles. The molecule has 3 fully saturated rings. The third kappa shape index (κ3) is 3.01. The zero-order valence-corrected chi connectivity index (χ0v) is 14.8. The number of allylic oxidation sites excluding steroid dienone is 2. The van der Waals surface area contributed by atoms with Gasteiger partial charge in [0.25, 0.3) is 0 Å². The molecule has 0 radical (unpaired) electrons. The van der Waals surface area contributed by atoms with Crippen molar-refractivity contribution in [1.82, 2.24) is 4.90 Å². The second-order valence-electron chi connectivity index (χ2n) is 8.68. The summed E-state index contributed by atoms with van der Waals surface area (Å²) >= 11 is 0. The second-order valence-corrected chi connectivity index (χ2v) is 8.68. The van der Waals surface area contributed by atoms with E-state index in [9.17, 15) is 0 Å². The van der Waals surface area contributed by atoms with Crippen LogP contribution in [0.3, 0.4) is 0 Å². The van der Waals surface area contributed by atoms with Crippen molar-refractivity contribution in [2.45, 2.75) is 44.9 Å². The van der Waals surface area contributed by atoms with Crippen LogP contribution < -0.4 is 4.90 Å². The van der Waals surface area contributed by atoms with Gasteiger partial charge in [0.1, 0.15) is 0 Å². The molecule has 1 aromatic rings. The van der Waals surface area contributed by atoms with Crippen LogP contribution >= 0.6 is 0 Å². The Bertz CT molecular complexity index is 631. The topological polar surface area (TPSA) is 6.48 Å². The maximum Gasteiger partial charge on any atom is 0.0443 e. The van der Waals surface area contributed by atoms with Crippen molar-refractivity contribution in [2.75, 3.05) is 37.6 Å². The van der Waals surface area contributed by atoms with Crippen LogP contribution in [-0.2, 0) is 0 Å². The third-order valence-electron chi connectivity index (χ3n) is 6.84. The first kappa shape index (κ1) is 15.0. The van der Waals surface area contributed by atoms with Gasteiger partial charge in [-0.05, 0) is 67.9 Å². The van der Waals surface area contributed by atoms with Crippen LogP contribution in [0, 0.1) is 11.3 Å². The molecule has 3 aliphatic carbocycles. The maximum absolute atomic E-state index is 2.69. The summed E-state index contributed by atoms with van der Waals surface area (Å²) in [7, 11) is 0. The predicted octanol–water partition coefficient (Wildman–Crippen LogP) is 4.57. The van der Waals surface area contributed by atoms with Gasteiger partial charge in [-0.15, -0.1) is 0 Å². The van der Waals surface area contributed by atoms with E-state index in [0.717, 1.165) is 11.3 Å². The summed E-state index contributed by atoms with van der Waals surface area (Å²) in [6.45, 7) is 6.23. The number of hydrogen-bond acceptors (Lipinski definition) is 2. The standard InChI is InChI=1S/C22H30N2/c1-2-4-21(24-15-13-23(14-16-24)17-18-5-6-18)20(3-1)19-7-9-22(10-8-19)11-12-22/h1-4,7,18H,5-6,8-17H2. The molecular formula is C22H30N2. The summed E-state index contributed by atoms with van der Waals surface area (Å²) in [5.41, 5.74) is 5.35. The molecule has 0 atom stereocenters. The quantitative estimate of drug-likeness (QED) is 0.801. The molecule has 2 saturated carbocycles. The Morgan fingerprint density at radius 3 is 2.42 bits per heavy atom. The summed E-state index contributed by atoms with van der Waals surface area (Å²) in [6, 6.07) is 9.17. The fourth-order valence-corrected chi connectivity index (χ4v) is 4.68. The zero-order valence-electron chi connectivity index (χ0n) is 14.8. The number of anilines is 1. The van der Waals surface area contributed by atoms with E-state index in [1.165, 1.54) is 88.9 Å². The molecule has 0 bridgehead atoms. The van der Waals surface area contributed by atoms with Crippen LogP contribution in [0.15, 0.2) is 30.3 Å². The van der Waals surface area contributed by atoms with Crippen LogP contribution in [0.5, 0.6) is 0 Å². The lowest BCUT2D eigenvalue weighted by Crippen LogP contribution is -2.47. The van der Waals surface area contributed by atoms with Crippen molar-refractivity contribution in [3.63, 3.8) is 0 Å². The first-order valence-electron chi connectivity index (χ1n) is 10.1. The molecule has 1 saturated heterocycles. The Labute approximate surface area is 146 Å². The van der Waals surface area contributed by atoms with Crippen LogP contribution in [0.2, 0.25) is 0 Å². The molecule has 2 nitrogen and oxygen atoms in total. The minimum absolute atomic E-state index is 0.729. The summed E-state index contributed by atoms with van der Waals surface area (Å²) < 4.78 is 0. The van der Waals surface area contributed by atoms with Crippen molar-refractivity contribution >= 4 is 11.3 Å². The van der Waals surface area contributed by atoms with E-state index < -0.39 is 0 Å². The Hall–Kier alpha value is -1.28. The zero-order chi connectivity index (χ0) is 16.0. The van der Waals surface area contributed by atoms with Gasteiger partial charge in [0.2, 0.25) is 0 Å². The Morgan fingerprint density at radius 1 is 0.958 bits per heavy atom. The smallest absolute Gasteiger partial charge is 0.0443 e. The highest BCUT2D eigenvalue weighted by molar-refractivity contribution is 5.77. The minimum atomic E-state index is 0.729. The third-order valence-corrected chi connectivity index (χ3v) is 6.84. The van der Waals surface area contributed by atoms with Crippen LogP contribution in [0.1, 0.15) is 50.5 Å². The molecular weight excluding hydrogens is 292 g/mol. The summed E-state index contributed by atoms with van der Waals surface area (Å²) in [6.07, 6.45) is 12.5. The van der Waals surface area contributed by atoms with Gasteiger partial charge in [0.05, 0.1) is 0 Å². The average molecular weight is 322 g/mol. The molecule has 0 amide bonds. The van der Waals surface area contributed by atoms with Gasteiger partial charge >= 0.3 is 0 Å². The lowest BCUT2D eigenvalue weighted by atomic mass is 9.84. The minimum Gasteiger partial charge on any atom is -0.368 e. The van der Waals surface area contributed by atoms with Gasteiger partial charge in [-0.2, -0.15) is 0 Å². The van der Waals surface area contributed by atoms with E-state index in [1.54, 1.807) is 5.57 Å². The van der Waals surface area contributed by atoms with Crippen LogP contribution in [-0.4, -0.2) is 37.6 Å². The fourth-order valence-electron chi connectivity index (χ4n) is 4.68. The molecule has 128 valence electrons. The number of hydrogen-bond donors (Lipinski definition) is 0. The van der Waals surface area contributed by atoms with Crippen molar-refractivity contribution in [3.05, 3.63) is 35.9 Å². The number of piperazine rings is 1. The molecule has 2 heteroatoms. The van der Waals surface area contributed by atoms with Gasteiger partial charge in [-0.3, -0.25) is 4.90 Å². The lowest BCUT2D eigenvalue weighted by molar-refractivity contribution is 0.248. The van der Waals surface area contributed by atoms with E-state index in [-0.39, 0.29) is 0 Å². The highest BCUT2D eigenvalue weighted by Gasteiger charge is 2.42. The number of nitrogens with zero attached hydrogens (tertiary/aromatic N) is 2. The van der Waals surface area contributed by atoms with Gasteiger partial charge in [-0.1, -0.05) is 24.3 Å². The molecule has 1 aliphatic heterocycles. The Morgan fingerprint density at radius 2 is 1.75 bits per heavy atom. The summed E-state index contributed by atoms with van der Waals surface area (Å²) in [4.78, 5) is 5.33. The lowest BCUT2D eigenvalue weighted by Gasteiger charge is -2.37. The fraction of sp³-hybridized carbons (Fsp3) is 0.636. The maximum atomic E-state index is 2.69. The molecule has 0 aromatic heterocycles. The van der Waals surface area contributed by atoms with Crippen LogP contribution in [0.4, 0.5) is 5.69 Å². The van der Waals surface area contributed by atoms with Gasteiger partial charge in [0, 0.05) is 44.0 Å². The molecule has 0 unspecified atom stereocenters. The van der Waals surface area contributed by atoms with Gasteiger partial charge < -0.3 is 4.90 Å². The van der Waals surface area contributed by atoms with E-state index >= 15 is 0 Å². The SMILES string of the molecule is C1=C(c2ccccc2N2CCN(CC3CC3)CC2)CCC2(C1)CC2. The predicted molar refractivity (Wildman–Crippen MR) is 101 cm³/mol. The molecule has 1 heterocycles. The van der Waals surface area contributed by atoms with Gasteiger partial charge in [0.15, 0.2) is 0 Å². The first-order valence-corrected chi connectivity index (χ1v) is 10.1. The average Bonchev–Trinajstić information content (AvgIpc) is 3.56.